The molecule has 0 fully saturated rings. The first kappa shape index (κ1) is 43.6. The Labute approximate surface area is 283 Å². The first-order valence-corrected chi connectivity index (χ1v) is 18.8. The zero-order chi connectivity index (χ0) is 33.6. The van der Waals surface area contributed by atoms with Gasteiger partial charge in [-0.05, 0) is 83.5 Å². The van der Waals surface area contributed by atoms with Crippen LogP contribution < -0.4 is 0 Å². The number of aliphatic hydroxyl groups is 1. The fourth-order valence-electron chi connectivity index (χ4n) is 4.88. The number of rotatable bonds is 33. The Morgan fingerprint density at radius 2 is 0.870 bits per heavy atom. The van der Waals surface area contributed by atoms with E-state index in [4.69, 9.17) is 9.47 Å². The van der Waals surface area contributed by atoms with Crippen molar-refractivity contribution in [2.75, 3.05) is 13.2 Å². The Balaban J connectivity index is 3.67. The van der Waals surface area contributed by atoms with Gasteiger partial charge in [-0.15, -0.1) is 0 Å². The Hall–Kier alpha value is -2.40. The van der Waals surface area contributed by atoms with Gasteiger partial charge in [-0.25, -0.2) is 0 Å². The fourth-order valence-corrected chi connectivity index (χ4v) is 4.88. The van der Waals surface area contributed by atoms with Crippen molar-refractivity contribution in [2.24, 2.45) is 0 Å². The van der Waals surface area contributed by atoms with Gasteiger partial charge in [0.25, 0.3) is 0 Å². The largest absolute Gasteiger partial charge is 0.462 e. The van der Waals surface area contributed by atoms with Crippen LogP contribution in [0.1, 0.15) is 168 Å². The third-order valence-electron chi connectivity index (χ3n) is 7.78. The van der Waals surface area contributed by atoms with Crippen molar-refractivity contribution in [2.45, 2.75) is 174 Å². The minimum atomic E-state index is -0.789. The molecule has 0 aliphatic rings. The second kappa shape index (κ2) is 37.1. The number of aliphatic hydroxyl groups excluding tert-OH is 1. The van der Waals surface area contributed by atoms with Gasteiger partial charge < -0.3 is 14.6 Å². The number of allylic oxidation sites excluding steroid dienone is 10. The van der Waals surface area contributed by atoms with E-state index in [1.807, 2.05) is 0 Å². The van der Waals surface area contributed by atoms with Crippen molar-refractivity contribution in [3.63, 3.8) is 0 Å². The van der Waals surface area contributed by atoms with Gasteiger partial charge in [0.1, 0.15) is 6.61 Å². The van der Waals surface area contributed by atoms with E-state index in [-0.39, 0.29) is 25.2 Å². The molecule has 264 valence electrons. The minimum Gasteiger partial charge on any atom is -0.462 e. The molecular formula is C41H70O5. The highest BCUT2D eigenvalue weighted by Crippen LogP contribution is 2.11. The molecule has 0 radical (unpaired) electrons. The van der Waals surface area contributed by atoms with Crippen LogP contribution in [0.2, 0.25) is 0 Å². The lowest BCUT2D eigenvalue weighted by Crippen LogP contribution is -2.28. The van der Waals surface area contributed by atoms with Crippen LogP contribution in [-0.2, 0) is 19.1 Å². The first-order valence-electron chi connectivity index (χ1n) is 18.8. The fraction of sp³-hybridized carbons (Fsp3) is 0.707. The third-order valence-corrected chi connectivity index (χ3v) is 7.78. The second-order valence-corrected chi connectivity index (χ2v) is 12.3. The summed E-state index contributed by atoms with van der Waals surface area (Å²) in [5.74, 6) is -0.642. The number of esters is 2. The van der Waals surface area contributed by atoms with E-state index in [2.05, 4.69) is 74.6 Å². The molecule has 0 saturated carbocycles. The van der Waals surface area contributed by atoms with E-state index < -0.39 is 6.10 Å². The topological polar surface area (TPSA) is 72.8 Å². The number of unbranched alkanes of at least 4 members (excludes halogenated alkanes) is 15. The highest BCUT2D eigenvalue weighted by Gasteiger charge is 2.16. The van der Waals surface area contributed by atoms with Gasteiger partial charge in [-0.3, -0.25) is 9.59 Å². The normalized spacial score (nSPS) is 12.8. The minimum absolute atomic E-state index is 0.0879. The average molecular weight is 643 g/mol. The number of hydrogen-bond acceptors (Lipinski definition) is 5. The van der Waals surface area contributed by atoms with Crippen molar-refractivity contribution >= 4 is 11.9 Å². The van der Waals surface area contributed by atoms with E-state index in [0.717, 1.165) is 70.6 Å². The van der Waals surface area contributed by atoms with Gasteiger partial charge in [-0.2, -0.15) is 0 Å². The van der Waals surface area contributed by atoms with E-state index in [1.165, 1.54) is 70.6 Å². The molecule has 5 heteroatoms. The molecule has 0 heterocycles. The van der Waals surface area contributed by atoms with Crippen molar-refractivity contribution < 1.29 is 24.2 Å². The molecule has 46 heavy (non-hydrogen) atoms. The van der Waals surface area contributed by atoms with Crippen molar-refractivity contribution in [1.29, 1.82) is 0 Å². The van der Waals surface area contributed by atoms with E-state index in [0.29, 0.717) is 12.8 Å². The molecule has 1 N–H and O–H groups in total. The summed E-state index contributed by atoms with van der Waals surface area (Å²) in [4.78, 5) is 24.2. The average Bonchev–Trinajstić information content (AvgIpc) is 3.06. The number of hydrogen-bond donors (Lipinski definition) is 1. The van der Waals surface area contributed by atoms with Crippen LogP contribution in [0.3, 0.4) is 0 Å². The van der Waals surface area contributed by atoms with Crippen molar-refractivity contribution in [3.05, 3.63) is 60.8 Å². The Bertz CT molecular complexity index is 823. The number of carbonyl (C=O) groups is 2. The molecule has 0 aromatic heterocycles. The summed E-state index contributed by atoms with van der Waals surface area (Å²) in [5.41, 5.74) is 0. The molecule has 0 amide bonds. The lowest BCUT2D eigenvalue weighted by atomic mass is 10.1. The lowest BCUT2D eigenvalue weighted by Gasteiger charge is -2.15. The Kier molecular flexibility index (Phi) is 35.1. The van der Waals surface area contributed by atoms with Gasteiger partial charge >= 0.3 is 11.9 Å². The van der Waals surface area contributed by atoms with Gasteiger partial charge in [0.05, 0.1) is 6.61 Å². The highest BCUT2D eigenvalue weighted by atomic mass is 16.6. The summed E-state index contributed by atoms with van der Waals surface area (Å²) in [5, 5.41) is 9.53. The molecular weight excluding hydrogens is 572 g/mol. The number of ether oxygens (including phenoxy) is 2. The molecule has 0 spiro atoms. The SMILES string of the molecule is CCCCC/C=C\C/C=C\C/C=C\C/C=C\CCCCCC(=O)OC[C@H](CO)OC(=O)CCCCCCC/C=C\CCCCCC. The van der Waals surface area contributed by atoms with Gasteiger partial charge in [0.2, 0.25) is 0 Å². The smallest absolute Gasteiger partial charge is 0.306 e. The standard InChI is InChI=1S/C41H70O5/c1-3-5-7-9-11-13-15-17-18-19-20-21-22-24-25-27-29-31-33-35-40(43)45-38-39(37-42)46-41(44)36-34-32-30-28-26-23-16-14-12-10-8-6-4-2/h11,13-14,16-18,20-21,24-25,39,42H,3-10,12,15,19,22-23,26-38H2,1-2H3/b13-11-,16-14-,18-17-,21-20-,25-24-/t39-/m0/s1. The summed E-state index contributed by atoms with van der Waals surface area (Å²) < 4.78 is 10.6. The molecule has 0 aliphatic heterocycles. The molecule has 0 saturated heterocycles. The maximum absolute atomic E-state index is 12.1. The van der Waals surface area contributed by atoms with Crippen LogP contribution in [0.4, 0.5) is 0 Å². The van der Waals surface area contributed by atoms with Gasteiger partial charge in [-0.1, -0.05) is 132 Å². The zero-order valence-electron chi connectivity index (χ0n) is 29.8. The van der Waals surface area contributed by atoms with E-state index in [9.17, 15) is 14.7 Å². The third kappa shape index (κ3) is 34.5. The molecule has 0 aromatic carbocycles. The lowest BCUT2D eigenvalue weighted by molar-refractivity contribution is -0.161. The van der Waals surface area contributed by atoms with Crippen LogP contribution in [0, 0.1) is 0 Å². The summed E-state index contributed by atoms with van der Waals surface area (Å²) in [6, 6.07) is 0. The highest BCUT2D eigenvalue weighted by molar-refractivity contribution is 5.70. The molecule has 0 rings (SSSR count). The van der Waals surface area contributed by atoms with Crippen molar-refractivity contribution in [1.82, 2.24) is 0 Å². The zero-order valence-corrected chi connectivity index (χ0v) is 29.8. The maximum Gasteiger partial charge on any atom is 0.306 e. The predicted octanol–water partition coefficient (Wildman–Crippen LogP) is 11.6. The summed E-state index contributed by atoms with van der Waals surface area (Å²) in [6.45, 7) is 4.04. The van der Waals surface area contributed by atoms with Crippen LogP contribution in [0.5, 0.6) is 0 Å². The summed E-state index contributed by atoms with van der Waals surface area (Å²) in [7, 11) is 0. The van der Waals surface area contributed by atoms with Crippen LogP contribution in [0.15, 0.2) is 60.8 Å². The predicted molar refractivity (Wildman–Crippen MR) is 196 cm³/mol. The van der Waals surface area contributed by atoms with Crippen LogP contribution in [0.25, 0.3) is 0 Å². The second-order valence-electron chi connectivity index (χ2n) is 12.3. The van der Waals surface area contributed by atoms with Crippen molar-refractivity contribution in [3.8, 4) is 0 Å². The molecule has 5 nitrogen and oxygen atoms in total. The summed E-state index contributed by atoms with van der Waals surface area (Å²) in [6.07, 6.45) is 47.0. The molecule has 0 aromatic rings. The quantitative estimate of drug-likeness (QED) is 0.0438. The van der Waals surface area contributed by atoms with Gasteiger partial charge in [0, 0.05) is 12.8 Å². The molecule has 0 aliphatic carbocycles. The van der Waals surface area contributed by atoms with Gasteiger partial charge in [0.15, 0.2) is 6.10 Å². The first-order chi connectivity index (χ1) is 22.6. The molecule has 0 unspecified atom stereocenters. The monoisotopic (exact) mass is 643 g/mol. The van der Waals surface area contributed by atoms with E-state index in [1.54, 1.807) is 0 Å². The van der Waals surface area contributed by atoms with E-state index >= 15 is 0 Å². The summed E-state index contributed by atoms with van der Waals surface area (Å²) >= 11 is 0. The molecule has 0 bridgehead atoms. The van der Waals surface area contributed by atoms with Crippen LogP contribution in [-0.4, -0.2) is 36.4 Å². The maximum atomic E-state index is 12.1. The molecule has 1 atom stereocenters. The Morgan fingerprint density at radius 1 is 0.500 bits per heavy atom. The van der Waals surface area contributed by atoms with Crippen LogP contribution >= 0.6 is 0 Å². The Morgan fingerprint density at radius 3 is 1.39 bits per heavy atom. The number of carbonyl (C=O) groups excluding carboxylic acids is 2.